The van der Waals surface area contributed by atoms with E-state index in [0.717, 1.165) is 18.2 Å². The van der Waals surface area contributed by atoms with Gasteiger partial charge in [-0.1, -0.05) is 5.21 Å². The van der Waals surface area contributed by atoms with Crippen LogP contribution < -0.4 is 5.32 Å². The highest BCUT2D eigenvalue weighted by Crippen LogP contribution is 2.15. The van der Waals surface area contributed by atoms with Gasteiger partial charge in [0.25, 0.3) is 5.91 Å². The largest absolute Gasteiger partial charge is 0.318 e. The molecule has 0 spiro atoms. The average Bonchev–Trinajstić information content (AvgIpc) is 2.70. The van der Waals surface area contributed by atoms with Gasteiger partial charge in [-0.25, -0.2) is 8.78 Å². The number of aryl methyl sites for hydroxylation is 1. The van der Waals surface area contributed by atoms with Gasteiger partial charge in [-0.3, -0.25) is 9.48 Å². The number of halogens is 2. The summed E-state index contributed by atoms with van der Waals surface area (Å²) in [6.07, 6.45) is 1.37. The Hall–Kier alpha value is -2.31. The van der Waals surface area contributed by atoms with Gasteiger partial charge in [-0.2, -0.15) is 0 Å². The van der Waals surface area contributed by atoms with Crippen molar-refractivity contribution in [2.75, 3.05) is 5.32 Å². The van der Waals surface area contributed by atoms with E-state index in [1.165, 1.54) is 10.9 Å². The first-order valence-electron chi connectivity index (χ1n) is 4.69. The fourth-order valence-electron chi connectivity index (χ4n) is 1.23. The number of nitrogens with one attached hydrogen (secondary N) is 1. The lowest BCUT2D eigenvalue weighted by Crippen LogP contribution is -2.13. The van der Waals surface area contributed by atoms with Crippen LogP contribution in [-0.4, -0.2) is 20.9 Å². The Labute approximate surface area is 95.1 Å². The Bertz CT molecular complexity index is 567. The zero-order valence-corrected chi connectivity index (χ0v) is 8.82. The van der Waals surface area contributed by atoms with Crippen molar-refractivity contribution in [3.8, 4) is 0 Å². The van der Waals surface area contributed by atoms with E-state index in [2.05, 4.69) is 15.6 Å². The van der Waals surface area contributed by atoms with Crippen molar-refractivity contribution in [1.29, 1.82) is 0 Å². The van der Waals surface area contributed by atoms with E-state index in [1.807, 2.05) is 0 Å². The number of hydrogen-bond donors (Lipinski definition) is 1. The molecule has 88 valence electrons. The van der Waals surface area contributed by atoms with E-state index in [9.17, 15) is 13.6 Å². The van der Waals surface area contributed by atoms with Gasteiger partial charge in [-0.15, -0.1) is 5.10 Å². The Balaban J connectivity index is 2.21. The second-order valence-electron chi connectivity index (χ2n) is 3.36. The van der Waals surface area contributed by atoms with Gasteiger partial charge in [0.15, 0.2) is 5.69 Å². The molecule has 0 unspecified atom stereocenters. The summed E-state index contributed by atoms with van der Waals surface area (Å²) in [6.45, 7) is 0. The lowest BCUT2D eigenvalue weighted by atomic mass is 10.3. The molecular formula is C10H8F2N4O. The summed E-state index contributed by atoms with van der Waals surface area (Å²) in [5, 5.41) is 9.32. The maximum atomic E-state index is 13.2. The van der Waals surface area contributed by atoms with Crippen LogP contribution in [0.15, 0.2) is 24.4 Å². The molecule has 0 aliphatic carbocycles. The second-order valence-corrected chi connectivity index (χ2v) is 3.36. The van der Waals surface area contributed by atoms with E-state index >= 15 is 0 Å². The molecular weight excluding hydrogens is 230 g/mol. The molecule has 0 saturated heterocycles. The van der Waals surface area contributed by atoms with Gasteiger partial charge in [0.1, 0.15) is 11.6 Å². The molecule has 0 atom stereocenters. The highest BCUT2D eigenvalue weighted by Gasteiger charge is 2.12. The Kier molecular flexibility index (Phi) is 2.82. The second kappa shape index (κ2) is 4.28. The Morgan fingerprint density at radius 3 is 2.82 bits per heavy atom. The van der Waals surface area contributed by atoms with E-state index in [4.69, 9.17) is 0 Å². The standard InChI is InChI=1S/C10H8F2N4O/c1-16-5-9(14-15-16)10(17)13-8-4-6(11)2-3-7(8)12/h2-5H,1H3,(H,13,17). The van der Waals surface area contributed by atoms with Crippen LogP contribution in [0.1, 0.15) is 10.5 Å². The Morgan fingerprint density at radius 1 is 1.41 bits per heavy atom. The van der Waals surface area contributed by atoms with Crippen molar-refractivity contribution in [2.24, 2.45) is 7.05 Å². The van der Waals surface area contributed by atoms with Crippen LogP contribution in [0, 0.1) is 11.6 Å². The molecule has 1 N–H and O–H groups in total. The van der Waals surface area contributed by atoms with Crippen LogP contribution in [0.5, 0.6) is 0 Å². The number of benzene rings is 1. The summed E-state index contributed by atoms with van der Waals surface area (Å²) in [6, 6.07) is 2.79. The molecule has 0 aliphatic rings. The zero-order chi connectivity index (χ0) is 12.4. The third kappa shape index (κ3) is 2.44. The molecule has 7 heteroatoms. The van der Waals surface area contributed by atoms with Crippen LogP contribution in [0.2, 0.25) is 0 Å². The molecule has 0 fully saturated rings. The molecule has 2 aromatic rings. The molecule has 0 bridgehead atoms. The Morgan fingerprint density at radius 2 is 2.18 bits per heavy atom. The van der Waals surface area contributed by atoms with Crippen molar-refractivity contribution in [1.82, 2.24) is 15.0 Å². The third-order valence-corrected chi connectivity index (χ3v) is 2.01. The predicted octanol–water partition coefficient (Wildman–Crippen LogP) is 1.35. The summed E-state index contributed by atoms with van der Waals surface area (Å²) in [7, 11) is 1.59. The molecule has 1 amide bonds. The van der Waals surface area contributed by atoms with E-state index in [-0.39, 0.29) is 11.4 Å². The number of amides is 1. The van der Waals surface area contributed by atoms with Gasteiger partial charge in [0, 0.05) is 13.1 Å². The first-order chi connectivity index (χ1) is 8.06. The summed E-state index contributed by atoms with van der Waals surface area (Å²) >= 11 is 0. The van der Waals surface area contributed by atoms with Crippen LogP contribution in [0.3, 0.4) is 0 Å². The van der Waals surface area contributed by atoms with Gasteiger partial charge in [-0.05, 0) is 12.1 Å². The van der Waals surface area contributed by atoms with Crippen LogP contribution >= 0.6 is 0 Å². The number of carbonyl (C=O) groups excluding carboxylic acids is 1. The van der Waals surface area contributed by atoms with Gasteiger partial charge >= 0.3 is 0 Å². The SMILES string of the molecule is Cn1cc(C(=O)Nc2cc(F)ccc2F)nn1. The number of anilines is 1. The fraction of sp³-hybridized carbons (Fsp3) is 0.100. The smallest absolute Gasteiger partial charge is 0.277 e. The van der Waals surface area contributed by atoms with Crippen molar-refractivity contribution in [2.45, 2.75) is 0 Å². The lowest BCUT2D eigenvalue weighted by Gasteiger charge is -2.03. The maximum Gasteiger partial charge on any atom is 0.277 e. The van der Waals surface area contributed by atoms with Gasteiger partial charge in [0.05, 0.1) is 11.9 Å². The average molecular weight is 238 g/mol. The summed E-state index contributed by atoms with van der Waals surface area (Å²) in [5.41, 5.74) is -0.211. The van der Waals surface area contributed by atoms with Crippen molar-refractivity contribution in [3.05, 3.63) is 41.7 Å². The number of hydrogen-bond acceptors (Lipinski definition) is 3. The lowest BCUT2D eigenvalue weighted by molar-refractivity contribution is 0.102. The molecule has 0 aliphatic heterocycles. The van der Waals surface area contributed by atoms with Crippen molar-refractivity contribution >= 4 is 11.6 Å². The highest BCUT2D eigenvalue weighted by molar-refractivity contribution is 6.02. The molecule has 0 saturated carbocycles. The van der Waals surface area contributed by atoms with E-state index < -0.39 is 17.5 Å². The molecule has 17 heavy (non-hydrogen) atoms. The van der Waals surface area contributed by atoms with Crippen LogP contribution in [0.4, 0.5) is 14.5 Å². The first kappa shape index (κ1) is 11.2. The molecule has 0 radical (unpaired) electrons. The van der Waals surface area contributed by atoms with E-state index in [1.54, 1.807) is 7.05 Å². The summed E-state index contributed by atoms with van der Waals surface area (Å²) in [4.78, 5) is 11.6. The summed E-state index contributed by atoms with van der Waals surface area (Å²) < 4.78 is 27.4. The van der Waals surface area contributed by atoms with Crippen LogP contribution in [0.25, 0.3) is 0 Å². The van der Waals surface area contributed by atoms with Crippen LogP contribution in [-0.2, 0) is 7.05 Å². The van der Waals surface area contributed by atoms with Crippen molar-refractivity contribution in [3.63, 3.8) is 0 Å². The third-order valence-electron chi connectivity index (χ3n) is 2.01. The molecule has 1 aromatic carbocycles. The minimum atomic E-state index is -0.719. The number of aromatic nitrogens is 3. The maximum absolute atomic E-state index is 13.2. The number of rotatable bonds is 2. The molecule has 1 heterocycles. The number of carbonyl (C=O) groups is 1. The van der Waals surface area contributed by atoms with E-state index in [0.29, 0.717) is 0 Å². The minimum absolute atomic E-state index is 0.0242. The molecule has 2 rings (SSSR count). The first-order valence-corrected chi connectivity index (χ1v) is 4.69. The monoisotopic (exact) mass is 238 g/mol. The molecule has 1 aromatic heterocycles. The topological polar surface area (TPSA) is 59.8 Å². The quantitative estimate of drug-likeness (QED) is 0.859. The predicted molar refractivity (Wildman–Crippen MR) is 55.3 cm³/mol. The summed E-state index contributed by atoms with van der Waals surface area (Å²) in [5.74, 6) is -2.01. The minimum Gasteiger partial charge on any atom is -0.318 e. The highest BCUT2D eigenvalue weighted by atomic mass is 19.1. The van der Waals surface area contributed by atoms with Gasteiger partial charge in [0.2, 0.25) is 0 Å². The fourth-order valence-corrected chi connectivity index (χ4v) is 1.23. The van der Waals surface area contributed by atoms with Gasteiger partial charge < -0.3 is 5.32 Å². The zero-order valence-electron chi connectivity index (χ0n) is 8.82. The normalized spacial score (nSPS) is 10.3. The van der Waals surface area contributed by atoms with Crippen molar-refractivity contribution < 1.29 is 13.6 Å². The molecule has 5 nitrogen and oxygen atoms in total. The number of nitrogens with zero attached hydrogens (tertiary/aromatic N) is 3.